The lowest BCUT2D eigenvalue weighted by atomic mass is 10.1. The Morgan fingerprint density at radius 2 is 2.18 bits per heavy atom. The highest BCUT2D eigenvalue weighted by molar-refractivity contribution is 5.85. The van der Waals surface area contributed by atoms with Crippen molar-refractivity contribution in [2.75, 3.05) is 6.61 Å². The Morgan fingerprint density at radius 1 is 1.47 bits per heavy atom. The van der Waals surface area contributed by atoms with E-state index in [2.05, 4.69) is 0 Å². The van der Waals surface area contributed by atoms with Crippen LogP contribution in [0.2, 0.25) is 0 Å². The van der Waals surface area contributed by atoms with Crippen molar-refractivity contribution < 1.29 is 9.13 Å². The van der Waals surface area contributed by atoms with E-state index in [-0.39, 0.29) is 24.3 Å². The highest BCUT2D eigenvalue weighted by atomic mass is 35.5. The van der Waals surface area contributed by atoms with Gasteiger partial charge in [0.25, 0.3) is 0 Å². The third-order valence-corrected chi connectivity index (χ3v) is 2.96. The summed E-state index contributed by atoms with van der Waals surface area (Å²) < 4.78 is 18.9. The van der Waals surface area contributed by atoms with Gasteiger partial charge in [0.2, 0.25) is 0 Å². The largest absolute Gasteiger partial charge is 0.490 e. The highest BCUT2D eigenvalue weighted by Gasteiger charge is 2.21. The van der Waals surface area contributed by atoms with E-state index in [1.807, 2.05) is 6.92 Å². The monoisotopic (exact) mass is 259 g/mol. The predicted octanol–water partition coefficient (Wildman–Crippen LogP) is 3.45. The molecule has 17 heavy (non-hydrogen) atoms. The van der Waals surface area contributed by atoms with Gasteiger partial charge >= 0.3 is 0 Å². The zero-order valence-electron chi connectivity index (χ0n) is 9.99. The fourth-order valence-electron chi connectivity index (χ4n) is 1.66. The third-order valence-electron chi connectivity index (χ3n) is 2.96. The molecule has 1 aliphatic carbocycles. The number of ether oxygens (including phenoxy) is 1. The Bertz CT molecular complexity index is 366. The van der Waals surface area contributed by atoms with Crippen LogP contribution < -0.4 is 10.5 Å². The maximum atomic E-state index is 13.4. The molecular weight excluding hydrogens is 241 g/mol. The van der Waals surface area contributed by atoms with Crippen LogP contribution in [0.25, 0.3) is 0 Å². The normalized spacial score (nSPS) is 16.2. The number of rotatable bonds is 5. The summed E-state index contributed by atoms with van der Waals surface area (Å²) in [4.78, 5) is 0. The lowest BCUT2D eigenvalue weighted by molar-refractivity contribution is 0.287. The number of halogens is 2. The van der Waals surface area contributed by atoms with Gasteiger partial charge in [0.15, 0.2) is 11.6 Å². The number of hydrogen-bond donors (Lipinski definition) is 1. The molecule has 1 atom stereocenters. The van der Waals surface area contributed by atoms with Gasteiger partial charge in [-0.25, -0.2) is 4.39 Å². The van der Waals surface area contributed by atoms with E-state index in [0.717, 1.165) is 17.9 Å². The van der Waals surface area contributed by atoms with Gasteiger partial charge < -0.3 is 10.5 Å². The van der Waals surface area contributed by atoms with Crippen LogP contribution in [0.5, 0.6) is 5.75 Å². The van der Waals surface area contributed by atoms with Gasteiger partial charge in [-0.1, -0.05) is 18.9 Å². The predicted molar refractivity (Wildman–Crippen MR) is 69.1 cm³/mol. The maximum absolute atomic E-state index is 13.4. The van der Waals surface area contributed by atoms with Crippen molar-refractivity contribution in [3.05, 3.63) is 29.6 Å². The standard InChI is InChI=1S/C13H18FNO.ClH/c1-9(15)11-4-5-12(14)13(8-11)16-7-6-10-2-3-10;/h4-5,8-10H,2-3,6-7,15H2,1H3;1H. The van der Waals surface area contributed by atoms with Crippen LogP contribution in [0.15, 0.2) is 18.2 Å². The first-order chi connectivity index (χ1) is 7.66. The van der Waals surface area contributed by atoms with Crippen molar-refractivity contribution in [2.45, 2.75) is 32.2 Å². The van der Waals surface area contributed by atoms with Gasteiger partial charge in [0.1, 0.15) is 0 Å². The molecule has 1 aliphatic rings. The van der Waals surface area contributed by atoms with E-state index in [1.54, 1.807) is 12.1 Å². The van der Waals surface area contributed by atoms with Crippen molar-refractivity contribution in [2.24, 2.45) is 11.7 Å². The molecule has 0 saturated heterocycles. The van der Waals surface area contributed by atoms with Crippen LogP contribution in [-0.4, -0.2) is 6.61 Å². The molecule has 2 rings (SSSR count). The lowest BCUT2D eigenvalue weighted by Crippen LogP contribution is -2.06. The fraction of sp³-hybridized carbons (Fsp3) is 0.538. The molecule has 0 aromatic heterocycles. The molecule has 1 saturated carbocycles. The maximum Gasteiger partial charge on any atom is 0.165 e. The Labute approximate surface area is 108 Å². The topological polar surface area (TPSA) is 35.2 Å². The quantitative estimate of drug-likeness (QED) is 0.879. The average molecular weight is 260 g/mol. The third kappa shape index (κ3) is 4.17. The first kappa shape index (κ1) is 14.3. The van der Waals surface area contributed by atoms with E-state index < -0.39 is 0 Å². The highest BCUT2D eigenvalue weighted by Crippen LogP contribution is 2.32. The molecule has 0 amide bonds. The summed E-state index contributed by atoms with van der Waals surface area (Å²) in [5.41, 5.74) is 6.65. The van der Waals surface area contributed by atoms with E-state index in [1.165, 1.54) is 18.9 Å². The number of benzene rings is 1. The second kappa shape index (κ2) is 6.22. The van der Waals surface area contributed by atoms with Gasteiger partial charge in [0, 0.05) is 6.04 Å². The minimum Gasteiger partial charge on any atom is -0.490 e. The number of nitrogens with two attached hydrogens (primary N) is 1. The molecule has 4 heteroatoms. The molecule has 1 aromatic rings. The molecule has 1 unspecified atom stereocenters. The molecule has 2 nitrogen and oxygen atoms in total. The van der Waals surface area contributed by atoms with Crippen LogP contribution in [-0.2, 0) is 0 Å². The molecule has 0 heterocycles. The molecular formula is C13H19ClFNO. The van der Waals surface area contributed by atoms with E-state index >= 15 is 0 Å². The van der Waals surface area contributed by atoms with Crippen LogP contribution >= 0.6 is 12.4 Å². The van der Waals surface area contributed by atoms with Crippen molar-refractivity contribution in [1.82, 2.24) is 0 Å². The molecule has 1 fully saturated rings. The van der Waals surface area contributed by atoms with Crippen LogP contribution in [0.3, 0.4) is 0 Å². The van der Waals surface area contributed by atoms with Crippen molar-refractivity contribution >= 4 is 12.4 Å². The first-order valence-corrected chi connectivity index (χ1v) is 5.84. The fourth-order valence-corrected chi connectivity index (χ4v) is 1.66. The van der Waals surface area contributed by atoms with Crippen LogP contribution in [0.4, 0.5) is 4.39 Å². The van der Waals surface area contributed by atoms with E-state index in [9.17, 15) is 4.39 Å². The van der Waals surface area contributed by atoms with Crippen LogP contribution in [0, 0.1) is 11.7 Å². The average Bonchev–Trinajstić information content (AvgIpc) is 3.04. The Morgan fingerprint density at radius 3 is 2.76 bits per heavy atom. The van der Waals surface area contributed by atoms with Crippen LogP contribution in [0.1, 0.15) is 37.8 Å². The van der Waals surface area contributed by atoms with E-state index in [4.69, 9.17) is 10.5 Å². The molecule has 0 spiro atoms. The van der Waals surface area contributed by atoms with E-state index in [0.29, 0.717) is 12.4 Å². The summed E-state index contributed by atoms with van der Waals surface area (Å²) in [5.74, 6) is 0.829. The first-order valence-electron chi connectivity index (χ1n) is 5.84. The van der Waals surface area contributed by atoms with Gasteiger partial charge in [-0.2, -0.15) is 0 Å². The summed E-state index contributed by atoms with van der Waals surface area (Å²) >= 11 is 0. The van der Waals surface area contributed by atoms with Gasteiger partial charge in [0.05, 0.1) is 6.61 Å². The summed E-state index contributed by atoms with van der Waals surface area (Å²) in [6.07, 6.45) is 3.62. The number of hydrogen-bond acceptors (Lipinski definition) is 2. The smallest absolute Gasteiger partial charge is 0.165 e. The lowest BCUT2D eigenvalue weighted by Gasteiger charge is -2.10. The Kier molecular flexibility index (Phi) is 5.22. The second-order valence-corrected chi connectivity index (χ2v) is 4.56. The minimum atomic E-state index is -0.305. The van der Waals surface area contributed by atoms with Gasteiger partial charge in [-0.15, -0.1) is 12.4 Å². The molecule has 96 valence electrons. The van der Waals surface area contributed by atoms with Crippen molar-refractivity contribution in [1.29, 1.82) is 0 Å². The molecule has 2 N–H and O–H groups in total. The van der Waals surface area contributed by atoms with Crippen molar-refractivity contribution in [3.63, 3.8) is 0 Å². The summed E-state index contributed by atoms with van der Waals surface area (Å²) in [7, 11) is 0. The SMILES string of the molecule is CC(N)c1ccc(F)c(OCCC2CC2)c1.Cl. The van der Waals surface area contributed by atoms with Gasteiger partial charge in [-0.05, 0) is 37.0 Å². The summed E-state index contributed by atoms with van der Waals surface area (Å²) in [6.45, 7) is 2.48. The summed E-state index contributed by atoms with van der Waals surface area (Å²) in [5, 5.41) is 0. The van der Waals surface area contributed by atoms with Crippen molar-refractivity contribution in [3.8, 4) is 5.75 Å². The molecule has 0 bridgehead atoms. The molecule has 1 aromatic carbocycles. The summed E-state index contributed by atoms with van der Waals surface area (Å²) in [6, 6.07) is 4.73. The Balaban J connectivity index is 0.00000144. The second-order valence-electron chi connectivity index (χ2n) is 4.56. The Hall–Kier alpha value is -0.800. The minimum absolute atomic E-state index is 0. The molecule has 0 radical (unpaired) electrons. The molecule has 0 aliphatic heterocycles. The zero-order chi connectivity index (χ0) is 11.5. The zero-order valence-corrected chi connectivity index (χ0v) is 10.8. The van der Waals surface area contributed by atoms with Gasteiger partial charge in [-0.3, -0.25) is 0 Å².